The predicted octanol–water partition coefficient (Wildman–Crippen LogP) is 2.02. The van der Waals surface area contributed by atoms with Gasteiger partial charge in [0.1, 0.15) is 6.04 Å². The molecule has 1 saturated heterocycles. The maximum absolute atomic E-state index is 12.3. The van der Waals surface area contributed by atoms with Crippen molar-refractivity contribution in [2.24, 2.45) is 5.92 Å². The van der Waals surface area contributed by atoms with Gasteiger partial charge in [-0.2, -0.15) is 5.26 Å². The molecule has 0 bridgehead atoms. The van der Waals surface area contributed by atoms with Crippen molar-refractivity contribution in [3.05, 3.63) is 22.4 Å². The van der Waals surface area contributed by atoms with Crippen LogP contribution < -0.4 is 5.32 Å². The van der Waals surface area contributed by atoms with Crippen molar-refractivity contribution >= 4 is 23.2 Å². The molecule has 1 aliphatic rings. The van der Waals surface area contributed by atoms with Gasteiger partial charge in [-0.05, 0) is 30.7 Å². The van der Waals surface area contributed by atoms with Gasteiger partial charge in [-0.1, -0.05) is 13.0 Å². The third-order valence-electron chi connectivity index (χ3n) is 3.69. The third kappa shape index (κ3) is 3.82. The minimum Gasteiger partial charge on any atom is -0.340 e. The molecule has 5 nitrogen and oxygen atoms in total. The van der Waals surface area contributed by atoms with E-state index >= 15 is 0 Å². The smallest absolute Gasteiger partial charge is 0.263 e. The lowest BCUT2D eigenvalue weighted by Gasteiger charge is -2.32. The molecule has 112 valence electrons. The Kier molecular flexibility index (Phi) is 5.34. The van der Waals surface area contributed by atoms with E-state index in [9.17, 15) is 9.59 Å². The van der Waals surface area contributed by atoms with Crippen molar-refractivity contribution in [2.75, 3.05) is 13.1 Å². The minimum atomic E-state index is -0.444. The zero-order chi connectivity index (χ0) is 15.2. The summed E-state index contributed by atoms with van der Waals surface area (Å²) >= 11 is 1.42. The lowest BCUT2D eigenvalue weighted by atomic mass is 9.96. The maximum atomic E-state index is 12.3. The van der Waals surface area contributed by atoms with Crippen molar-refractivity contribution in [1.82, 2.24) is 10.2 Å². The van der Waals surface area contributed by atoms with E-state index in [1.54, 1.807) is 11.0 Å². The molecule has 21 heavy (non-hydrogen) atoms. The highest BCUT2D eigenvalue weighted by molar-refractivity contribution is 7.12. The summed E-state index contributed by atoms with van der Waals surface area (Å²) in [4.78, 5) is 27.0. The van der Waals surface area contributed by atoms with Crippen LogP contribution in [0.1, 0.15) is 35.9 Å². The first-order chi connectivity index (χ1) is 10.2. The van der Waals surface area contributed by atoms with Crippen molar-refractivity contribution in [3.63, 3.8) is 0 Å². The molecule has 1 aromatic heterocycles. The van der Waals surface area contributed by atoms with Crippen LogP contribution in [0.4, 0.5) is 0 Å². The summed E-state index contributed by atoms with van der Waals surface area (Å²) in [5.41, 5.74) is 0. The fraction of sp³-hybridized carbons (Fsp3) is 0.533. The van der Waals surface area contributed by atoms with Crippen LogP contribution in [0, 0.1) is 17.2 Å². The molecule has 0 aromatic carbocycles. The molecule has 1 aliphatic heterocycles. The number of piperidine rings is 1. The first-order valence-corrected chi connectivity index (χ1v) is 8.06. The van der Waals surface area contributed by atoms with E-state index in [0.717, 1.165) is 12.8 Å². The van der Waals surface area contributed by atoms with Gasteiger partial charge in [-0.25, -0.2) is 0 Å². The number of hydrogen-bond acceptors (Lipinski definition) is 4. The lowest BCUT2D eigenvalue weighted by Crippen LogP contribution is -2.47. The Labute approximate surface area is 128 Å². The molecule has 2 atom stereocenters. The standard InChI is InChI=1S/C15H19N3O2S/c1-2-12(9-16)17-14(19)11-5-3-7-18(10-11)15(20)13-6-4-8-21-13/h4,6,8,11-12H,2-3,5,7,10H2,1H3,(H,17,19)/t11-,12+/m1/s1. The molecule has 1 fully saturated rings. The highest BCUT2D eigenvalue weighted by Gasteiger charge is 2.29. The van der Waals surface area contributed by atoms with Gasteiger partial charge in [-0.3, -0.25) is 9.59 Å². The van der Waals surface area contributed by atoms with Crippen molar-refractivity contribution in [2.45, 2.75) is 32.2 Å². The maximum Gasteiger partial charge on any atom is 0.263 e. The van der Waals surface area contributed by atoms with Gasteiger partial charge in [0.05, 0.1) is 16.9 Å². The molecule has 0 aliphatic carbocycles. The summed E-state index contributed by atoms with van der Waals surface area (Å²) < 4.78 is 0. The third-order valence-corrected chi connectivity index (χ3v) is 4.55. The lowest BCUT2D eigenvalue weighted by molar-refractivity contribution is -0.126. The molecular formula is C15H19N3O2S. The van der Waals surface area contributed by atoms with Gasteiger partial charge in [0.25, 0.3) is 5.91 Å². The van der Waals surface area contributed by atoms with Gasteiger partial charge in [0, 0.05) is 13.1 Å². The highest BCUT2D eigenvalue weighted by Crippen LogP contribution is 2.20. The van der Waals surface area contributed by atoms with Crippen molar-refractivity contribution in [3.8, 4) is 6.07 Å². The quantitative estimate of drug-likeness (QED) is 0.925. The molecule has 0 unspecified atom stereocenters. The monoisotopic (exact) mass is 305 g/mol. The number of carbonyl (C=O) groups excluding carboxylic acids is 2. The first-order valence-electron chi connectivity index (χ1n) is 7.18. The Morgan fingerprint density at radius 2 is 2.43 bits per heavy atom. The topological polar surface area (TPSA) is 73.2 Å². The van der Waals surface area contributed by atoms with Crippen LogP contribution in [0.25, 0.3) is 0 Å². The Balaban J connectivity index is 1.96. The van der Waals surface area contributed by atoms with Crippen LogP contribution in [-0.4, -0.2) is 35.8 Å². The van der Waals surface area contributed by atoms with Crippen LogP contribution in [-0.2, 0) is 4.79 Å². The number of nitrogens with zero attached hydrogens (tertiary/aromatic N) is 2. The molecule has 6 heteroatoms. The van der Waals surface area contributed by atoms with Crippen molar-refractivity contribution in [1.29, 1.82) is 5.26 Å². The minimum absolute atomic E-state index is 0.00479. The fourth-order valence-corrected chi connectivity index (χ4v) is 3.14. The Morgan fingerprint density at radius 3 is 3.05 bits per heavy atom. The average Bonchev–Trinajstić information content (AvgIpc) is 3.06. The molecule has 0 radical (unpaired) electrons. The SMILES string of the molecule is CC[C@@H](C#N)NC(=O)[C@@H]1CCCN(C(=O)c2cccs2)C1. The summed E-state index contributed by atoms with van der Waals surface area (Å²) in [6, 6.07) is 5.28. The van der Waals surface area contributed by atoms with Gasteiger partial charge < -0.3 is 10.2 Å². The second kappa shape index (κ2) is 7.23. The molecule has 2 heterocycles. The Bertz CT molecular complexity index is 536. The molecule has 2 amide bonds. The first kappa shape index (κ1) is 15.5. The summed E-state index contributed by atoms with van der Waals surface area (Å²) in [6.07, 6.45) is 2.17. The Hall–Kier alpha value is -1.87. The van der Waals surface area contributed by atoms with Gasteiger partial charge in [0.2, 0.25) is 5.91 Å². The van der Waals surface area contributed by atoms with E-state index in [1.807, 2.05) is 18.4 Å². The summed E-state index contributed by atoms with van der Waals surface area (Å²) in [7, 11) is 0. The van der Waals surface area contributed by atoms with Crippen LogP contribution in [0.5, 0.6) is 0 Å². The summed E-state index contributed by atoms with van der Waals surface area (Å²) in [6.45, 7) is 2.99. The number of hydrogen-bond donors (Lipinski definition) is 1. The van der Waals surface area contributed by atoms with Gasteiger partial charge >= 0.3 is 0 Å². The van der Waals surface area contributed by atoms with E-state index in [4.69, 9.17) is 5.26 Å². The number of rotatable bonds is 4. The molecule has 1 aromatic rings. The second-order valence-electron chi connectivity index (χ2n) is 5.17. The molecule has 0 saturated carbocycles. The van der Waals surface area contributed by atoms with E-state index in [0.29, 0.717) is 24.4 Å². The number of nitrogens with one attached hydrogen (secondary N) is 1. The molecule has 0 spiro atoms. The number of nitriles is 1. The molecule has 1 N–H and O–H groups in total. The van der Waals surface area contributed by atoms with Crippen LogP contribution in [0.15, 0.2) is 17.5 Å². The van der Waals surface area contributed by atoms with Crippen LogP contribution >= 0.6 is 11.3 Å². The predicted molar refractivity (Wildman–Crippen MR) is 80.8 cm³/mol. The summed E-state index contributed by atoms with van der Waals surface area (Å²) in [5.74, 6) is -0.341. The Morgan fingerprint density at radius 1 is 1.62 bits per heavy atom. The largest absolute Gasteiger partial charge is 0.340 e. The van der Waals surface area contributed by atoms with E-state index in [2.05, 4.69) is 11.4 Å². The number of likely N-dealkylation sites (tertiary alicyclic amines) is 1. The van der Waals surface area contributed by atoms with Crippen LogP contribution in [0.2, 0.25) is 0 Å². The van der Waals surface area contributed by atoms with Gasteiger partial charge in [0.15, 0.2) is 0 Å². The number of thiophene rings is 1. The zero-order valence-corrected chi connectivity index (χ0v) is 12.9. The molecular weight excluding hydrogens is 286 g/mol. The fourth-order valence-electron chi connectivity index (χ4n) is 2.45. The van der Waals surface area contributed by atoms with E-state index < -0.39 is 6.04 Å². The number of carbonyl (C=O) groups is 2. The second-order valence-corrected chi connectivity index (χ2v) is 6.11. The van der Waals surface area contributed by atoms with Gasteiger partial charge in [-0.15, -0.1) is 11.3 Å². The van der Waals surface area contributed by atoms with Crippen LogP contribution in [0.3, 0.4) is 0 Å². The zero-order valence-electron chi connectivity index (χ0n) is 12.0. The van der Waals surface area contributed by atoms with Crippen molar-refractivity contribution < 1.29 is 9.59 Å². The summed E-state index contributed by atoms with van der Waals surface area (Å²) in [5, 5.41) is 13.5. The average molecular weight is 305 g/mol. The highest BCUT2D eigenvalue weighted by atomic mass is 32.1. The van der Waals surface area contributed by atoms with E-state index in [1.165, 1.54) is 11.3 Å². The molecule has 2 rings (SSSR count). The number of amides is 2. The van der Waals surface area contributed by atoms with E-state index in [-0.39, 0.29) is 17.7 Å². The normalized spacial score (nSPS) is 19.6.